The number of nitrogens with zero attached hydrogens (tertiary/aromatic N) is 2. The Kier molecular flexibility index (Phi) is 5.97. The van der Waals surface area contributed by atoms with Gasteiger partial charge in [0.1, 0.15) is 0 Å². The first-order valence-corrected chi connectivity index (χ1v) is 10.7. The van der Waals surface area contributed by atoms with Crippen molar-refractivity contribution in [3.8, 4) is 11.3 Å². The van der Waals surface area contributed by atoms with Crippen LogP contribution in [-0.4, -0.2) is 18.2 Å². The topological polar surface area (TPSA) is 37.3 Å². The van der Waals surface area contributed by atoms with E-state index in [1.165, 1.54) is 5.56 Å². The van der Waals surface area contributed by atoms with Crippen LogP contribution in [0.1, 0.15) is 38.1 Å². The SMILES string of the molecule is CNC(c1ccccc1N=Cc1cc2ccccc2c(-c2ccccc2)n1)C(C)(C)C. The lowest BCUT2D eigenvalue weighted by atomic mass is 9.82. The molecule has 1 aromatic heterocycles. The second kappa shape index (κ2) is 8.83. The van der Waals surface area contributed by atoms with Crippen LogP contribution in [0.15, 0.2) is 89.9 Å². The van der Waals surface area contributed by atoms with E-state index in [4.69, 9.17) is 9.98 Å². The number of pyridine rings is 1. The Morgan fingerprint density at radius 1 is 0.871 bits per heavy atom. The van der Waals surface area contributed by atoms with E-state index in [0.29, 0.717) is 0 Å². The van der Waals surface area contributed by atoms with E-state index >= 15 is 0 Å². The van der Waals surface area contributed by atoms with Gasteiger partial charge in [0.2, 0.25) is 0 Å². The van der Waals surface area contributed by atoms with Crippen LogP contribution in [0.2, 0.25) is 0 Å². The Hall–Kier alpha value is -3.30. The molecule has 0 bridgehead atoms. The zero-order valence-electron chi connectivity index (χ0n) is 18.6. The molecular formula is C28H29N3. The van der Waals surface area contributed by atoms with E-state index in [1.807, 2.05) is 37.5 Å². The van der Waals surface area contributed by atoms with Gasteiger partial charge in [0.15, 0.2) is 0 Å². The molecule has 0 amide bonds. The van der Waals surface area contributed by atoms with Crippen molar-refractivity contribution in [2.75, 3.05) is 7.05 Å². The average Bonchev–Trinajstić information content (AvgIpc) is 2.78. The molecule has 1 unspecified atom stereocenters. The standard InChI is InChI=1S/C28H29N3/c1-28(2,3)27(29-4)24-16-10-11-17-25(24)30-19-22-18-21-14-8-9-15-23(21)26(31-22)20-12-6-5-7-13-20/h5-19,27,29H,1-4H3. The molecule has 0 saturated heterocycles. The molecule has 31 heavy (non-hydrogen) atoms. The van der Waals surface area contributed by atoms with Crippen molar-refractivity contribution in [3.63, 3.8) is 0 Å². The van der Waals surface area contributed by atoms with E-state index in [9.17, 15) is 0 Å². The van der Waals surface area contributed by atoms with Crippen LogP contribution >= 0.6 is 0 Å². The first-order valence-electron chi connectivity index (χ1n) is 10.7. The summed E-state index contributed by atoms with van der Waals surface area (Å²) in [4.78, 5) is 9.84. The summed E-state index contributed by atoms with van der Waals surface area (Å²) in [5.41, 5.74) is 5.17. The summed E-state index contributed by atoms with van der Waals surface area (Å²) in [6.45, 7) is 6.73. The van der Waals surface area contributed by atoms with Crippen LogP contribution in [0.25, 0.3) is 22.0 Å². The van der Waals surface area contributed by atoms with Crippen molar-refractivity contribution in [2.45, 2.75) is 26.8 Å². The quantitative estimate of drug-likeness (QED) is 0.363. The molecule has 3 aromatic carbocycles. The fraction of sp³-hybridized carbons (Fsp3) is 0.214. The van der Waals surface area contributed by atoms with Gasteiger partial charge in [0.25, 0.3) is 0 Å². The van der Waals surface area contributed by atoms with E-state index in [2.05, 4.69) is 86.8 Å². The Balaban J connectivity index is 1.79. The van der Waals surface area contributed by atoms with Gasteiger partial charge in [-0.3, -0.25) is 4.99 Å². The number of hydrogen-bond donors (Lipinski definition) is 1. The summed E-state index contributed by atoms with van der Waals surface area (Å²) in [6, 6.07) is 29.4. The van der Waals surface area contributed by atoms with Crippen molar-refractivity contribution >= 4 is 22.7 Å². The molecule has 1 heterocycles. The predicted octanol–water partition coefficient (Wildman–Crippen LogP) is 6.96. The van der Waals surface area contributed by atoms with Crippen LogP contribution in [0.3, 0.4) is 0 Å². The zero-order chi connectivity index (χ0) is 21.8. The first-order chi connectivity index (χ1) is 15.0. The molecule has 1 N–H and O–H groups in total. The summed E-state index contributed by atoms with van der Waals surface area (Å²) < 4.78 is 0. The zero-order valence-corrected chi connectivity index (χ0v) is 18.6. The average molecular weight is 408 g/mol. The summed E-state index contributed by atoms with van der Waals surface area (Å²) in [7, 11) is 2.01. The van der Waals surface area contributed by atoms with Crippen LogP contribution in [0.5, 0.6) is 0 Å². The van der Waals surface area contributed by atoms with E-state index < -0.39 is 0 Å². The second-order valence-electron chi connectivity index (χ2n) is 8.89. The van der Waals surface area contributed by atoms with Gasteiger partial charge in [-0.05, 0) is 35.5 Å². The van der Waals surface area contributed by atoms with Gasteiger partial charge < -0.3 is 5.32 Å². The fourth-order valence-corrected chi connectivity index (χ4v) is 4.14. The number of fused-ring (bicyclic) bond motifs is 1. The van der Waals surface area contributed by atoms with Gasteiger partial charge in [-0.25, -0.2) is 4.98 Å². The molecule has 0 radical (unpaired) electrons. The molecule has 0 saturated carbocycles. The minimum atomic E-state index is 0.0715. The molecule has 1 atom stereocenters. The van der Waals surface area contributed by atoms with Gasteiger partial charge >= 0.3 is 0 Å². The largest absolute Gasteiger partial charge is 0.312 e. The monoisotopic (exact) mass is 407 g/mol. The van der Waals surface area contributed by atoms with Gasteiger partial charge in [0, 0.05) is 17.0 Å². The summed E-state index contributed by atoms with van der Waals surface area (Å²) >= 11 is 0. The third kappa shape index (κ3) is 4.57. The Labute approximate surface area is 184 Å². The lowest BCUT2D eigenvalue weighted by Gasteiger charge is -2.31. The van der Waals surface area contributed by atoms with Crippen molar-refractivity contribution in [1.82, 2.24) is 10.3 Å². The lowest BCUT2D eigenvalue weighted by Crippen LogP contribution is -2.29. The smallest absolute Gasteiger partial charge is 0.0826 e. The number of rotatable bonds is 5. The third-order valence-electron chi connectivity index (χ3n) is 5.55. The maximum absolute atomic E-state index is 4.96. The highest BCUT2D eigenvalue weighted by Crippen LogP contribution is 2.37. The third-order valence-corrected chi connectivity index (χ3v) is 5.55. The van der Waals surface area contributed by atoms with Crippen LogP contribution < -0.4 is 5.32 Å². The second-order valence-corrected chi connectivity index (χ2v) is 8.89. The number of hydrogen-bond acceptors (Lipinski definition) is 3. The molecule has 4 rings (SSSR count). The van der Waals surface area contributed by atoms with E-state index in [1.54, 1.807) is 0 Å². The van der Waals surface area contributed by atoms with Crippen molar-refractivity contribution in [3.05, 3.63) is 96.2 Å². The van der Waals surface area contributed by atoms with Crippen molar-refractivity contribution < 1.29 is 0 Å². The molecule has 0 aliphatic carbocycles. The maximum atomic E-state index is 4.96. The Morgan fingerprint density at radius 3 is 2.29 bits per heavy atom. The molecule has 4 aromatic rings. The highest BCUT2D eigenvalue weighted by molar-refractivity contribution is 5.98. The first kappa shape index (κ1) is 21.0. The lowest BCUT2D eigenvalue weighted by molar-refractivity contribution is 0.287. The predicted molar refractivity (Wildman–Crippen MR) is 132 cm³/mol. The minimum Gasteiger partial charge on any atom is -0.312 e. The summed E-state index contributed by atoms with van der Waals surface area (Å²) in [6.07, 6.45) is 1.88. The fourth-order valence-electron chi connectivity index (χ4n) is 4.14. The van der Waals surface area contributed by atoms with Crippen LogP contribution in [-0.2, 0) is 0 Å². The normalized spacial score (nSPS) is 13.0. The van der Waals surface area contributed by atoms with Gasteiger partial charge in [-0.2, -0.15) is 0 Å². The minimum absolute atomic E-state index is 0.0715. The molecular weight excluding hydrogens is 378 g/mol. The number of aliphatic imine (C=N–C) groups is 1. The highest BCUT2D eigenvalue weighted by Gasteiger charge is 2.26. The molecule has 0 fully saturated rings. The van der Waals surface area contributed by atoms with Crippen LogP contribution in [0.4, 0.5) is 5.69 Å². The summed E-state index contributed by atoms with van der Waals surface area (Å²) in [5, 5.41) is 5.77. The van der Waals surface area contributed by atoms with Gasteiger partial charge in [0.05, 0.1) is 23.3 Å². The Morgan fingerprint density at radius 2 is 1.55 bits per heavy atom. The van der Waals surface area contributed by atoms with E-state index in [0.717, 1.165) is 33.4 Å². The summed E-state index contributed by atoms with van der Waals surface area (Å²) in [5.74, 6) is 0. The van der Waals surface area contributed by atoms with E-state index in [-0.39, 0.29) is 11.5 Å². The Bertz CT molecular complexity index is 1200. The van der Waals surface area contributed by atoms with Crippen LogP contribution in [0, 0.1) is 5.41 Å². The molecule has 0 aliphatic heterocycles. The maximum Gasteiger partial charge on any atom is 0.0826 e. The number of benzene rings is 3. The molecule has 0 spiro atoms. The molecule has 3 nitrogen and oxygen atoms in total. The number of nitrogens with one attached hydrogen (secondary N) is 1. The molecule has 0 aliphatic rings. The number of para-hydroxylation sites is 1. The van der Waals surface area contributed by atoms with Crippen molar-refractivity contribution in [2.24, 2.45) is 10.4 Å². The van der Waals surface area contributed by atoms with Gasteiger partial charge in [-0.15, -0.1) is 0 Å². The molecule has 156 valence electrons. The van der Waals surface area contributed by atoms with Gasteiger partial charge in [-0.1, -0.05) is 93.6 Å². The van der Waals surface area contributed by atoms with Crippen molar-refractivity contribution in [1.29, 1.82) is 0 Å². The highest BCUT2D eigenvalue weighted by atomic mass is 14.9. The molecule has 3 heteroatoms. The number of aromatic nitrogens is 1.